The first kappa shape index (κ1) is 8.53. The van der Waals surface area contributed by atoms with Crippen molar-refractivity contribution in [3.63, 3.8) is 0 Å². The van der Waals surface area contributed by atoms with Gasteiger partial charge in [0.05, 0.1) is 6.42 Å². The smallest absolute Gasteiger partial charge is 0.306 e. The van der Waals surface area contributed by atoms with Crippen LogP contribution in [0.2, 0.25) is 0 Å². The highest BCUT2D eigenvalue weighted by atomic mass is 127. The Morgan fingerprint density at radius 1 is 1.67 bits per heavy atom. The first-order valence-electron chi connectivity index (χ1n) is 4.23. The number of halogens is 1. The number of allylic oxidation sites excluding steroid dienone is 2. The maximum absolute atomic E-state index is 11.1. The Morgan fingerprint density at radius 2 is 2.50 bits per heavy atom. The number of hydrogen-bond donors (Lipinski definition) is 0. The number of esters is 1. The molecule has 0 amide bonds. The molecule has 12 heavy (non-hydrogen) atoms. The number of carbonyl (C=O) groups excluding carboxylic acids is 1. The number of fused-ring (bicyclic) bond motifs is 1. The maximum Gasteiger partial charge on any atom is 0.306 e. The average molecular weight is 278 g/mol. The molecule has 0 N–H and O–H groups in total. The van der Waals surface area contributed by atoms with Crippen molar-refractivity contribution in [1.29, 1.82) is 0 Å². The van der Waals surface area contributed by atoms with E-state index in [1.54, 1.807) is 0 Å². The third kappa shape index (κ3) is 1.39. The summed E-state index contributed by atoms with van der Waals surface area (Å²) in [5.41, 5.74) is 0. The van der Waals surface area contributed by atoms with E-state index in [4.69, 9.17) is 4.74 Å². The van der Waals surface area contributed by atoms with E-state index < -0.39 is 0 Å². The molecule has 2 nitrogen and oxygen atoms in total. The molecule has 1 aliphatic carbocycles. The Labute approximate surface area is 85.5 Å². The molecule has 1 heterocycles. The van der Waals surface area contributed by atoms with Gasteiger partial charge in [0, 0.05) is 10.3 Å². The van der Waals surface area contributed by atoms with Crippen LogP contribution in [0.5, 0.6) is 0 Å². The fourth-order valence-electron chi connectivity index (χ4n) is 2.02. The molecule has 0 saturated carbocycles. The Kier molecular flexibility index (Phi) is 2.39. The third-order valence-corrected chi connectivity index (χ3v) is 3.52. The van der Waals surface area contributed by atoms with Gasteiger partial charge >= 0.3 is 5.97 Å². The van der Waals surface area contributed by atoms with Crippen molar-refractivity contribution in [2.75, 3.05) is 4.43 Å². The lowest BCUT2D eigenvalue weighted by Crippen LogP contribution is -2.37. The van der Waals surface area contributed by atoms with E-state index in [0.29, 0.717) is 18.3 Å². The molecule has 0 spiro atoms. The predicted molar refractivity (Wildman–Crippen MR) is 54.1 cm³/mol. The van der Waals surface area contributed by atoms with Crippen LogP contribution < -0.4 is 0 Å². The molecular weight excluding hydrogens is 267 g/mol. The summed E-state index contributed by atoms with van der Waals surface area (Å²) in [6.45, 7) is 0. The van der Waals surface area contributed by atoms with Crippen LogP contribution in [0.3, 0.4) is 0 Å². The quantitative estimate of drug-likeness (QED) is 0.317. The van der Waals surface area contributed by atoms with Crippen LogP contribution in [0.1, 0.15) is 12.8 Å². The van der Waals surface area contributed by atoms with Gasteiger partial charge in [-0.3, -0.25) is 4.79 Å². The molecule has 0 aromatic rings. The average Bonchev–Trinajstić information content (AvgIpc) is 2.50. The second-order valence-electron chi connectivity index (χ2n) is 3.38. The minimum atomic E-state index is -0.0236. The number of alkyl halides is 1. The second kappa shape index (κ2) is 3.36. The number of rotatable bonds is 1. The first-order valence-corrected chi connectivity index (χ1v) is 5.76. The van der Waals surface area contributed by atoms with Crippen molar-refractivity contribution < 1.29 is 9.53 Å². The lowest BCUT2D eigenvalue weighted by atomic mass is 9.86. The lowest BCUT2D eigenvalue weighted by molar-refractivity contribution is -0.158. The summed E-state index contributed by atoms with van der Waals surface area (Å²) < 4.78 is 6.19. The number of ether oxygens (including phenoxy) is 1. The van der Waals surface area contributed by atoms with E-state index in [-0.39, 0.29) is 12.1 Å². The highest BCUT2D eigenvalue weighted by Crippen LogP contribution is 2.36. The minimum Gasteiger partial charge on any atom is -0.461 e. The summed E-state index contributed by atoms with van der Waals surface area (Å²) in [4.78, 5) is 11.1. The number of carbonyl (C=O) groups is 1. The Hall–Kier alpha value is -0.0600. The monoisotopic (exact) mass is 278 g/mol. The van der Waals surface area contributed by atoms with Crippen LogP contribution in [-0.2, 0) is 9.53 Å². The lowest BCUT2D eigenvalue weighted by Gasteiger charge is -2.31. The molecule has 3 heteroatoms. The van der Waals surface area contributed by atoms with Gasteiger partial charge in [-0.15, -0.1) is 0 Å². The third-order valence-electron chi connectivity index (χ3n) is 2.66. The summed E-state index contributed by atoms with van der Waals surface area (Å²) in [5, 5.41) is 0. The zero-order valence-corrected chi connectivity index (χ0v) is 8.86. The van der Waals surface area contributed by atoms with Crippen LogP contribution in [0, 0.1) is 11.8 Å². The van der Waals surface area contributed by atoms with E-state index in [0.717, 1.165) is 10.8 Å². The summed E-state index contributed by atoms with van der Waals surface area (Å²) in [7, 11) is 0. The topological polar surface area (TPSA) is 26.3 Å². The normalized spacial score (nSPS) is 39.4. The fraction of sp³-hybridized carbons (Fsp3) is 0.667. The predicted octanol–water partition coefficient (Wildman–Crippen LogP) is 1.93. The molecule has 0 unspecified atom stereocenters. The van der Waals surface area contributed by atoms with Gasteiger partial charge < -0.3 is 4.74 Å². The summed E-state index contributed by atoms with van der Waals surface area (Å²) in [5.74, 6) is 1.01. The van der Waals surface area contributed by atoms with Gasteiger partial charge in [0.2, 0.25) is 0 Å². The highest BCUT2D eigenvalue weighted by Gasteiger charge is 2.38. The number of cyclic esters (lactones) is 1. The number of hydrogen-bond acceptors (Lipinski definition) is 2. The van der Waals surface area contributed by atoms with Crippen molar-refractivity contribution >= 4 is 28.6 Å². The molecule has 0 aromatic heterocycles. The standard InChI is InChI=1S/C9H11IO2/c10-5-8-7-3-1-2-6(7)4-9(11)12-8/h1-2,6-8H,3-5H2/t6-,7-,8-/m1/s1. The van der Waals surface area contributed by atoms with Crippen LogP contribution in [-0.4, -0.2) is 16.5 Å². The zero-order chi connectivity index (χ0) is 8.55. The largest absolute Gasteiger partial charge is 0.461 e. The summed E-state index contributed by atoms with van der Waals surface area (Å²) >= 11 is 2.29. The molecule has 1 fully saturated rings. The van der Waals surface area contributed by atoms with Crippen LogP contribution >= 0.6 is 22.6 Å². The van der Waals surface area contributed by atoms with E-state index >= 15 is 0 Å². The highest BCUT2D eigenvalue weighted by molar-refractivity contribution is 14.1. The van der Waals surface area contributed by atoms with E-state index in [2.05, 4.69) is 34.7 Å². The molecule has 1 saturated heterocycles. The van der Waals surface area contributed by atoms with E-state index in [9.17, 15) is 4.79 Å². The van der Waals surface area contributed by atoms with Gasteiger partial charge in [-0.25, -0.2) is 0 Å². The van der Waals surface area contributed by atoms with Gasteiger partial charge in [-0.2, -0.15) is 0 Å². The van der Waals surface area contributed by atoms with E-state index in [1.807, 2.05) is 0 Å². The van der Waals surface area contributed by atoms with Gasteiger partial charge in [0.15, 0.2) is 0 Å². The molecule has 0 aromatic carbocycles. The summed E-state index contributed by atoms with van der Waals surface area (Å²) in [6.07, 6.45) is 6.19. The molecule has 0 radical (unpaired) electrons. The zero-order valence-electron chi connectivity index (χ0n) is 6.70. The maximum atomic E-state index is 11.1. The summed E-state index contributed by atoms with van der Waals surface area (Å²) in [6, 6.07) is 0. The minimum absolute atomic E-state index is 0.0236. The first-order chi connectivity index (χ1) is 5.81. The SMILES string of the molecule is O=C1C[C@H]2C=CC[C@H]2[C@@H](CI)O1. The van der Waals surface area contributed by atoms with Crippen molar-refractivity contribution in [2.45, 2.75) is 18.9 Å². The van der Waals surface area contributed by atoms with Gasteiger partial charge in [0.25, 0.3) is 0 Å². The van der Waals surface area contributed by atoms with Crippen molar-refractivity contribution in [3.8, 4) is 0 Å². The van der Waals surface area contributed by atoms with Crippen molar-refractivity contribution in [1.82, 2.24) is 0 Å². The van der Waals surface area contributed by atoms with Gasteiger partial charge in [0.1, 0.15) is 6.10 Å². The van der Waals surface area contributed by atoms with Gasteiger partial charge in [-0.05, 0) is 12.3 Å². The molecule has 2 aliphatic rings. The molecule has 0 bridgehead atoms. The van der Waals surface area contributed by atoms with Crippen LogP contribution in [0.25, 0.3) is 0 Å². The van der Waals surface area contributed by atoms with Gasteiger partial charge in [-0.1, -0.05) is 34.7 Å². The molecular formula is C9H11IO2. The fourth-order valence-corrected chi connectivity index (χ4v) is 2.85. The molecule has 3 atom stereocenters. The van der Waals surface area contributed by atoms with Crippen LogP contribution in [0.15, 0.2) is 12.2 Å². The Balaban J connectivity index is 2.12. The Bertz CT molecular complexity index is 225. The molecule has 1 aliphatic heterocycles. The van der Waals surface area contributed by atoms with E-state index in [1.165, 1.54) is 0 Å². The second-order valence-corrected chi connectivity index (χ2v) is 4.26. The molecule has 2 rings (SSSR count). The Morgan fingerprint density at radius 3 is 3.25 bits per heavy atom. The molecule has 66 valence electrons. The van der Waals surface area contributed by atoms with Crippen LogP contribution in [0.4, 0.5) is 0 Å². The van der Waals surface area contributed by atoms with Crippen molar-refractivity contribution in [3.05, 3.63) is 12.2 Å². The van der Waals surface area contributed by atoms with Crippen molar-refractivity contribution in [2.24, 2.45) is 11.8 Å².